The van der Waals surface area contributed by atoms with Crippen LogP contribution in [0, 0.1) is 5.92 Å². The predicted molar refractivity (Wildman–Crippen MR) is 141 cm³/mol. The molecule has 2 aromatic rings. The molecule has 35 heavy (non-hydrogen) atoms. The number of amides is 2. The van der Waals surface area contributed by atoms with E-state index in [1.165, 1.54) is 11.8 Å². The fourth-order valence-electron chi connectivity index (χ4n) is 4.10. The molecule has 0 aromatic heterocycles. The van der Waals surface area contributed by atoms with E-state index < -0.39 is 0 Å². The number of carbonyl (C=O) groups is 2. The molecular formula is C25H29BrN4O4S. The van der Waals surface area contributed by atoms with Crippen molar-refractivity contribution in [2.45, 2.75) is 37.8 Å². The second-order valence-corrected chi connectivity index (χ2v) is 10.6. The van der Waals surface area contributed by atoms with Crippen LogP contribution in [0.5, 0.6) is 11.5 Å². The number of hydrogen-bond acceptors (Lipinski definition) is 7. The van der Waals surface area contributed by atoms with E-state index in [0.29, 0.717) is 17.9 Å². The molecule has 0 bridgehead atoms. The van der Waals surface area contributed by atoms with Crippen molar-refractivity contribution in [2.24, 2.45) is 11.0 Å². The van der Waals surface area contributed by atoms with Gasteiger partial charge in [-0.1, -0.05) is 41.1 Å². The molecule has 2 aliphatic heterocycles. The van der Waals surface area contributed by atoms with Crippen LogP contribution in [0.25, 0.3) is 0 Å². The Kier molecular flexibility index (Phi) is 8.03. The molecule has 4 unspecified atom stereocenters. The quantitative estimate of drug-likeness (QED) is 0.533. The highest BCUT2D eigenvalue weighted by Gasteiger charge is 2.35. The average molecular weight is 562 g/mol. The molecule has 1 fully saturated rings. The Bertz CT molecular complexity index is 1130. The first-order chi connectivity index (χ1) is 16.8. The van der Waals surface area contributed by atoms with Crippen LogP contribution in [0.4, 0.5) is 0 Å². The third-order valence-corrected chi connectivity index (χ3v) is 7.89. The van der Waals surface area contributed by atoms with E-state index in [2.05, 4.69) is 26.6 Å². The highest BCUT2D eigenvalue weighted by atomic mass is 79.9. The standard InChI is InChI=1S/C25H29BrN4O4S/c1-14-15(2)27-25(28-24(14)32)35-13-23(31)30-20(17-7-10-21(33-3)22(11-17)34-4)12-19(29-30)16-5-8-18(26)9-6-16/h5-11,14-15,20,25,27H,12-13H2,1-4H3,(H,28,32). The van der Waals surface area contributed by atoms with Crippen LogP contribution in [0.15, 0.2) is 52.0 Å². The fourth-order valence-corrected chi connectivity index (χ4v) is 5.32. The lowest BCUT2D eigenvalue weighted by molar-refractivity contribution is -0.130. The number of benzene rings is 2. The van der Waals surface area contributed by atoms with Gasteiger partial charge >= 0.3 is 0 Å². The van der Waals surface area contributed by atoms with Gasteiger partial charge in [0.2, 0.25) is 5.91 Å². The number of nitrogens with zero attached hydrogens (tertiary/aromatic N) is 2. The summed E-state index contributed by atoms with van der Waals surface area (Å²) in [7, 11) is 3.18. The van der Waals surface area contributed by atoms with E-state index >= 15 is 0 Å². The lowest BCUT2D eigenvalue weighted by Gasteiger charge is -2.33. The van der Waals surface area contributed by atoms with Crippen molar-refractivity contribution in [2.75, 3.05) is 20.0 Å². The molecule has 2 amide bonds. The molecule has 1 saturated heterocycles. The van der Waals surface area contributed by atoms with Crippen molar-refractivity contribution < 1.29 is 19.1 Å². The topological polar surface area (TPSA) is 92.3 Å². The van der Waals surface area contributed by atoms with Gasteiger partial charge in [-0.25, -0.2) is 5.01 Å². The summed E-state index contributed by atoms with van der Waals surface area (Å²) in [6.45, 7) is 3.86. The second-order valence-electron chi connectivity index (χ2n) is 8.57. The zero-order valence-electron chi connectivity index (χ0n) is 20.1. The van der Waals surface area contributed by atoms with Crippen LogP contribution >= 0.6 is 27.7 Å². The Morgan fingerprint density at radius 2 is 1.86 bits per heavy atom. The molecule has 8 nitrogen and oxygen atoms in total. The van der Waals surface area contributed by atoms with Gasteiger partial charge in [0, 0.05) is 16.9 Å². The zero-order valence-corrected chi connectivity index (χ0v) is 22.5. The summed E-state index contributed by atoms with van der Waals surface area (Å²) >= 11 is 4.83. The summed E-state index contributed by atoms with van der Waals surface area (Å²) in [6.07, 6.45) is 0.570. The first-order valence-corrected chi connectivity index (χ1v) is 13.2. The maximum absolute atomic E-state index is 13.4. The van der Waals surface area contributed by atoms with Crippen LogP contribution in [-0.4, -0.2) is 54.0 Å². The maximum Gasteiger partial charge on any atom is 0.253 e. The number of methoxy groups -OCH3 is 2. The van der Waals surface area contributed by atoms with Gasteiger partial charge in [-0.3, -0.25) is 14.9 Å². The number of nitrogens with one attached hydrogen (secondary N) is 2. The van der Waals surface area contributed by atoms with Gasteiger partial charge in [0.25, 0.3) is 5.91 Å². The Balaban J connectivity index is 1.56. The molecule has 2 heterocycles. The molecule has 2 aliphatic rings. The number of carbonyl (C=O) groups excluding carboxylic acids is 2. The molecule has 4 atom stereocenters. The minimum absolute atomic E-state index is 0.0129. The first kappa shape index (κ1) is 25.5. The molecule has 2 N–H and O–H groups in total. The highest BCUT2D eigenvalue weighted by molar-refractivity contribution is 9.10. The number of halogens is 1. The second kappa shape index (κ2) is 11.0. The monoisotopic (exact) mass is 560 g/mol. The van der Waals surface area contributed by atoms with Gasteiger partial charge in [0.1, 0.15) is 5.50 Å². The van der Waals surface area contributed by atoms with E-state index in [9.17, 15) is 9.59 Å². The molecule has 0 saturated carbocycles. The van der Waals surface area contributed by atoms with E-state index in [1.54, 1.807) is 19.2 Å². The Morgan fingerprint density at radius 1 is 1.14 bits per heavy atom. The fraction of sp³-hybridized carbons (Fsp3) is 0.400. The van der Waals surface area contributed by atoms with Crippen LogP contribution in [0.3, 0.4) is 0 Å². The largest absolute Gasteiger partial charge is 0.493 e. The maximum atomic E-state index is 13.4. The van der Waals surface area contributed by atoms with E-state index in [4.69, 9.17) is 14.6 Å². The molecular weight excluding hydrogens is 532 g/mol. The van der Waals surface area contributed by atoms with Gasteiger partial charge in [0.05, 0.1) is 37.6 Å². The Morgan fingerprint density at radius 3 is 2.51 bits per heavy atom. The van der Waals surface area contributed by atoms with Crippen LogP contribution < -0.4 is 20.1 Å². The molecule has 4 rings (SSSR count). The smallest absolute Gasteiger partial charge is 0.253 e. The van der Waals surface area contributed by atoms with Gasteiger partial charge < -0.3 is 14.8 Å². The Hall–Kier alpha value is -2.56. The van der Waals surface area contributed by atoms with Crippen LogP contribution in [-0.2, 0) is 9.59 Å². The summed E-state index contributed by atoms with van der Waals surface area (Å²) < 4.78 is 11.8. The van der Waals surface area contributed by atoms with E-state index in [1.807, 2.05) is 56.3 Å². The van der Waals surface area contributed by atoms with Crippen molar-refractivity contribution in [3.05, 3.63) is 58.1 Å². The molecule has 0 radical (unpaired) electrons. The third-order valence-electron chi connectivity index (χ3n) is 6.36. The van der Waals surface area contributed by atoms with Gasteiger partial charge in [-0.05, 0) is 42.3 Å². The summed E-state index contributed by atoms with van der Waals surface area (Å²) in [5, 5.41) is 12.6. The van der Waals surface area contributed by atoms with Crippen LogP contribution in [0.2, 0.25) is 0 Å². The summed E-state index contributed by atoms with van der Waals surface area (Å²) in [5.74, 6) is 1.12. The normalized spacial score (nSPS) is 24.1. The predicted octanol–water partition coefficient (Wildman–Crippen LogP) is 3.90. The van der Waals surface area contributed by atoms with Gasteiger partial charge in [-0.2, -0.15) is 5.10 Å². The summed E-state index contributed by atoms with van der Waals surface area (Å²) in [5.41, 5.74) is 2.38. The lowest BCUT2D eigenvalue weighted by Crippen LogP contribution is -2.58. The van der Waals surface area contributed by atoms with Crippen molar-refractivity contribution in [3.63, 3.8) is 0 Å². The number of rotatable bonds is 7. The van der Waals surface area contributed by atoms with Gasteiger partial charge in [-0.15, -0.1) is 11.8 Å². The zero-order chi connectivity index (χ0) is 25.1. The Labute approximate surface area is 217 Å². The minimum atomic E-state index is -0.324. The lowest BCUT2D eigenvalue weighted by atomic mass is 9.98. The SMILES string of the molecule is COc1ccc(C2CC(c3ccc(Br)cc3)=NN2C(=O)CSC2NC(=O)C(C)C(C)N2)cc1OC. The van der Waals surface area contributed by atoms with E-state index in [-0.39, 0.29) is 41.1 Å². The summed E-state index contributed by atoms with van der Waals surface area (Å²) in [4.78, 5) is 25.6. The number of ether oxygens (including phenoxy) is 2. The highest BCUT2D eigenvalue weighted by Crippen LogP contribution is 2.38. The van der Waals surface area contributed by atoms with Crippen molar-refractivity contribution >= 4 is 45.2 Å². The molecule has 186 valence electrons. The van der Waals surface area contributed by atoms with Crippen LogP contribution in [0.1, 0.15) is 37.4 Å². The average Bonchev–Trinajstić information content (AvgIpc) is 3.31. The molecule has 0 aliphatic carbocycles. The van der Waals surface area contributed by atoms with E-state index in [0.717, 1.165) is 21.3 Å². The number of hydrogen-bond donors (Lipinski definition) is 2. The first-order valence-electron chi connectivity index (χ1n) is 11.4. The number of hydrazone groups is 1. The van der Waals surface area contributed by atoms with Crippen molar-refractivity contribution in [1.29, 1.82) is 0 Å². The molecule has 10 heteroatoms. The third kappa shape index (κ3) is 5.65. The molecule has 2 aromatic carbocycles. The number of thioether (sulfide) groups is 1. The van der Waals surface area contributed by atoms with Crippen molar-refractivity contribution in [3.8, 4) is 11.5 Å². The van der Waals surface area contributed by atoms with Gasteiger partial charge in [0.15, 0.2) is 11.5 Å². The summed E-state index contributed by atoms with van der Waals surface area (Å²) in [6, 6.07) is 13.3. The minimum Gasteiger partial charge on any atom is -0.493 e. The van der Waals surface area contributed by atoms with Crippen molar-refractivity contribution in [1.82, 2.24) is 15.6 Å². The molecule has 0 spiro atoms.